The van der Waals surface area contributed by atoms with Crippen molar-refractivity contribution in [2.45, 2.75) is 19.3 Å². The molecule has 1 unspecified atom stereocenters. The lowest BCUT2D eigenvalue weighted by Crippen LogP contribution is -2.37. The van der Waals surface area contributed by atoms with E-state index in [0.717, 1.165) is 23.0 Å². The smallest absolute Gasteiger partial charge is 0.239 e. The molecule has 7 heteroatoms. The van der Waals surface area contributed by atoms with Gasteiger partial charge >= 0.3 is 0 Å². The Morgan fingerprint density at radius 1 is 1.36 bits per heavy atom. The van der Waals surface area contributed by atoms with Gasteiger partial charge in [0.05, 0.1) is 5.69 Å². The maximum absolute atomic E-state index is 12.4. The molecule has 0 aromatic heterocycles. The number of hydrogen-bond acceptors (Lipinski definition) is 3. The van der Waals surface area contributed by atoms with Crippen molar-refractivity contribution in [2.75, 3.05) is 24.5 Å². The fourth-order valence-corrected chi connectivity index (χ4v) is 2.94. The van der Waals surface area contributed by atoms with Gasteiger partial charge in [-0.25, -0.2) is 0 Å². The van der Waals surface area contributed by atoms with Gasteiger partial charge in [-0.15, -0.1) is 12.4 Å². The van der Waals surface area contributed by atoms with Crippen LogP contribution in [0, 0.1) is 5.92 Å². The van der Waals surface area contributed by atoms with Crippen molar-refractivity contribution < 1.29 is 9.59 Å². The summed E-state index contributed by atoms with van der Waals surface area (Å²) < 4.78 is 0.863. The Hall–Kier alpha value is -1.11. The number of nitrogens with zero attached hydrogens (tertiary/aromatic N) is 1. The number of benzene rings is 1. The van der Waals surface area contributed by atoms with E-state index < -0.39 is 5.92 Å². The monoisotopic (exact) mass is 389 g/mol. The predicted octanol–water partition coefficient (Wildman–Crippen LogP) is 2.08. The molecule has 0 radical (unpaired) electrons. The first-order chi connectivity index (χ1) is 10.1. The third-order valence-corrected chi connectivity index (χ3v) is 4.27. The van der Waals surface area contributed by atoms with Gasteiger partial charge in [0.1, 0.15) is 5.92 Å². The first kappa shape index (κ1) is 18.9. The Morgan fingerprint density at radius 2 is 2.09 bits per heavy atom. The van der Waals surface area contributed by atoms with E-state index in [9.17, 15) is 9.59 Å². The summed E-state index contributed by atoms with van der Waals surface area (Å²) in [7, 11) is 0. The van der Waals surface area contributed by atoms with Gasteiger partial charge in [-0.2, -0.15) is 0 Å². The number of carbonyl (C=O) groups is 2. The van der Waals surface area contributed by atoms with Crippen LogP contribution in [0.15, 0.2) is 28.7 Å². The quantitative estimate of drug-likeness (QED) is 0.577. The molecule has 3 N–H and O–H groups in total. The minimum Gasteiger partial charge on any atom is -0.355 e. The fraction of sp³-hybridized carbons (Fsp3) is 0.467. The molecule has 0 bridgehead atoms. The summed E-state index contributed by atoms with van der Waals surface area (Å²) in [5.41, 5.74) is 6.23. The number of anilines is 1. The van der Waals surface area contributed by atoms with E-state index in [4.69, 9.17) is 5.73 Å². The average molecular weight is 391 g/mol. The Labute approximate surface area is 145 Å². The Bertz CT molecular complexity index is 527. The van der Waals surface area contributed by atoms with Crippen molar-refractivity contribution in [1.29, 1.82) is 0 Å². The van der Waals surface area contributed by atoms with E-state index in [1.165, 1.54) is 0 Å². The minimum atomic E-state index is -0.574. The Balaban J connectivity index is 0.00000242. The molecule has 22 heavy (non-hydrogen) atoms. The second kappa shape index (κ2) is 9.12. The molecule has 1 atom stereocenters. The number of nitrogens with one attached hydrogen (secondary N) is 1. The van der Waals surface area contributed by atoms with Crippen LogP contribution in [-0.4, -0.2) is 31.4 Å². The van der Waals surface area contributed by atoms with Crippen molar-refractivity contribution in [2.24, 2.45) is 11.7 Å². The molecular weight excluding hydrogens is 370 g/mol. The van der Waals surface area contributed by atoms with Crippen LogP contribution in [-0.2, 0) is 9.59 Å². The second-order valence-electron chi connectivity index (χ2n) is 5.07. The van der Waals surface area contributed by atoms with E-state index >= 15 is 0 Å². The van der Waals surface area contributed by atoms with Gasteiger partial charge in [0.25, 0.3) is 0 Å². The Kier molecular flexibility index (Phi) is 7.85. The summed E-state index contributed by atoms with van der Waals surface area (Å²) in [4.78, 5) is 26.2. The molecule has 2 amide bonds. The van der Waals surface area contributed by atoms with Crippen LogP contribution < -0.4 is 16.0 Å². The second-order valence-corrected chi connectivity index (χ2v) is 5.92. The van der Waals surface area contributed by atoms with Crippen LogP contribution in [0.1, 0.15) is 19.3 Å². The molecule has 0 saturated carbocycles. The van der Waals surface area contributed by atoms with Gasteiger partial charge in [0.2, 0.25) is 11.8 Å². The predicted molar refractivity (Wildman–Crippen MR) is 93.1 cm³/mol. The van der Waals surface area contributed by atoms with Crippen LogP contribution in [0.3, 0.4) is 0 Å². The van der Waals surface area contributed by atoms with Gasteiger partial charge < -0.3 is 16.0 Å². The molecular formula is C15H21BrClN3O2. The molecule has 2 rings (SSSR count). The minimum absolute atomic E-state index is 0. The van der Waals surface area contributed by atoms with Crippen LogP contribution in [0.5, 0.6) is 0 Å². The van der Waals surface area contributed by atoms with Crippen molar-refractivity contribution in [1.82, 2.24) is 5.32 Å². The number of amides is 2. The molecule has 122 valence electrons. The molecule has 1 aromatic rings. The first-order valence-electron chi connectivity index (χ1n) is 7.19. The third-order valence-electron chi connectivity index (χ3n) is 3.60. The molecule has 1 aliphatic heterocycles. The number of hydrogen-bond donors (Lipinski definition) is 2. The van der Waals surface area contributed by atoms with E-state index in [2.05, 4.69) is 21.2 Å². The average Bonchev–Trinajstić information content (AvgIpc) is 2.86. The van der Waals surface area contributed by atoms with Crippen LogP contribution >= 0.6 is 28.3 Å². The van der Waals surface area contributed by atoms with E-state index in [1.54, 1.807) is 4.90 Å². The molecule has 0 aliphatic carbocycles. The number of para-hydroxylation sites is 1. The van der Waals surface area contributed by atoms with E-state index in [-0.39, 0.29) is 24.2 Å². The maximum Gasteiger partial charge on any atom is 0.239 e. The summed E-state index contributed by atoms with van der Waals surface area (Å²) in [5, 5.41) is 2.82. The van der Waals surface area contributed by atoms with Gasteiger partial charge in [-0.3, -0.25) is 9.59 Å². The van der Waals surface area contributed by atoms with Gasteiger partial charge in [0, 0.05) is 17.6 Å². The fourth-order valence-electron chi connectivity index (χ4n) is 2.44. The first-order valence-corrected chi connectivity index (χ1v) is 7.98. The highest BCUT2D eigenvalue weighted by atomic mass is 79.9. The zero-order chi connectivity index (χ0) is 15.2. The molecule has 1 saturated heterocycles. The summed E-state index contributed by atoms with van der Waals surface area (Å²) >= 11 is 3.44. The number of carbonyl (C=O) groups excluding carboxylic acids is 2. The van der Waals surface area contributed by atoms with Crippen molar-refractivity contribution >= 4 is 45.8 Å². The number of nitrogens with two attached hydrogens (primary N) is 1. The molecule has 1 aromatic carbocycles. The zero-order valence-electron chi connectivity index (χ0n) is 12.3. The molecule has 0 spiro atoms. The molecule has 5 nitrogen and oxygen atoms in total. The lowest BCUT2D eigenvalue weighted by molar-refractivity contribution is -0.132. The van der Waals surface area contributed by atoms with Gasteiger partial charge in [0.15, 0.2) is 0 Å². The summed E-state index contributed by atoms with van der Waals surface area (Å²) in [6.45, 7) is 1.77. The van der Waals surface area contributed by atoms with Gasteiger partial charge in [-0.1, -0.05) is 12.1 Å². The summed E-state index contributed by atoms with van der Waals surface area (Å²) in [6.07, 6.45) is 2.28. The lowest BCUT2D eigenvalue weighted by atomic mass is 10.1. The molecule has 1 aliphatic rings. The third kappa shape index (κ3) is 4.44. The highest BCUT2D eigenvalue weighted by Crippen LogP contribution is 2.31. The largest absolute Gasteiger partial charge is 0.355 e. The molecule has 1 fully saturated rings. The van der Waals surface area contributed by atoms with E-state index in [1.807, 2.05) is 24.3 Å². The van der Waals surface area contributed by atoms with Crippen LogP contribution in [0.4, 0.5) is 5.69 Å². The van der Waals surface area contributed by atoms with Crippen molar-refractivity contribution in [3.8, 4) is 0 Å². The van der Waals surface area contributed by atoms with Crippen molar-refractivity contribution in [3.63, 3.8) is 0 Å². The van der Waals surface area contributed by atoms with Crippen molar-refractivity contribution in [3.05, 3.63) is 28.7 Å². The van der Waals surface area contributed by atoms with Crippen LogP contribution in [0.25, 0.3) is 0 Å². The Morgan fingerprint density at radius 3 is 2.77 bits per heavy atom. The van der Waals surface area contributed by atoms with Crippen LogP contribution in [0.2, 0.25) is 0 Å². The zero-order valence-corrected chi connectivity index (χ0v) is 14.7. The SMILES string of the molecule is Cl.NCCCCNC(=O)C1CCN(c2ccccc2Br)C1=O. The highest BCUT2D eigenvalue weighted by molar-refractivity contribution is 9.10. The number of halogens is 2. The lowest BCUT2D eigenvalue weighted by Gasteiger charge is -2.18. The standard InChI is InChI=1S/C15H20BrN3O2.ClH/c16-12-5-1-2-6-13(12)19-10-7-11(15(19)21)14(20)18-9-4-3-8-17;/h1-2,5-6,11H,3-4,7-10,17H2,(H,18,20);1H. The van der Waals surface area contributed by atoms with Gasteiger partial charge in [-0.05, 0) is 53.9 Å². The summed E-state index contributed by atoms with van der Waals surface area (Å²) in [5.74, 6) is -0.875. The summed E-state index contributed by atoms with van der Waals surface area (Å²) in [6, 6.07) is 7.55. The normalized spacial score (nSPS) is 17.3. The topological polar surface area (TPSA) is 75.4 Å². The highest BCUT2D eigenvalue weighted by Gasteiger charge is 2.37. The maximum atomic E-state index is 12.4. The van der Waals surface area contributed by atoms with E-state index in [0.29, 0.717) is 26.1 Å². The number of unbranched alkanes of at least 4 members (excludes halogenated alkanes) is 1. The molecule has 1 heterocycles. The number of rotatable bonds is 6.